The first-order valence-corrected chi connectivity index (χ1v) is 15.2. The lowest BCUT2D eigenvalue weighted by molar-refractivity contribution is -0.155. The molecule has 1 aromatic heterocycles. The highest BCUT2D eigenvalue weighted by molar-refractivity contribution is 5.79. The van der Waals surface area contributed by atoms with Crippen molar-refractivity contribution < 1.29 is 28.2 Å². The number of imidazole rings is 1. The van der Waals surface area contributed by atoms with Crippen LogP contribution in [0.4, 0.5) is 9.18 Å². The number of amides is 2. The molecule has 10 nitrogen and oxygen atoms in total. The lowest BCUT2D eigenvalue weighted by Crippen LogP contribution is -2.38. The molecule has 1 fully saturated rings. The summed E-state index contributed by atoms with van der Waals surface area (Å²) in [7, 11) is 0. The Balaban J connectivity index is 1.33. The van der Waals surface area contributed by atoms with E-state index in [-0.39, 0.29) is 42.8 Å². The topological polar surface area (TPSA) is 146 Å². The molecule has 0 unspecified atom stereocenters. The quantitative estimate of drug-likeness (QED) is 0.220. The van der Waals surface area contributed by atoms with Crippen molar-refractivity contribution in [3.05, 3.63) is 77.5 Å². The van der Waals surface area contributed by atoms with E-state index in [1.54, 1.807) is 32.9 Å². The van der Waals surface area contributed by atoms with Gasteiger partial charge in [0.1, 0.15) is 29.9 Å². The second-order valence-electron chi connectivity index (χ2n) is 12.3. The predicted octanol–water partition coefficient (Wildman–Crippen LogP) is 6.10. The van der Waals surface area contributed by atoms with E-state index >= 15 is 0 Å². The first kappa shape index (κ1) is 33.2. The van der Waals surface area contributed by atoms with Gasteiger partial charge in [-0.25, -0.2) is 14.2 Å². The molecule has 0 radical (unpaired) electrons. The van der Waals surface area contributed by atoms with Gasteiger partial charge in [-0.3, -0.25) is 9.59 Å². The van der Waals surface area contributed by atoms with Crippen LogP contribution in [0.2, 0.25) is 0 Å². The Hall–Kier alpha value is -4.72. The summed E-state index contributed by atoms with van der Waals surface area (Å²) in [4.78, 5) is 45.6. The fraction of sp³-hybridized carbons (Fsp3) is 0.441. The van der Waals surface area contributed by atoms with E-state index in [0.717, 1.165) is 18.4 Å². The number of esters is 1. The Morgan fingerprint density at radius 2 is 1.84 bits per heavy atom. The molecular formula is C34H40FN5O5. The zero-order valence-electron chi connectivity index (χ0n) is 25.9. The second kappa shape index (κ2) is 15.3. The van der Waals surface area contributed by atoms with Crippen LogP contribution in [0, 0.1) is 29.0 Å². The number of nitrogens with one attached hydrogen (secondary N) is 3. The van der Waals surface area contributed by atoms with E-state index in [9.17, 15) is 18.8 Å². The molecule has 11 heteroatoms. The Morgan fingerprint density at radius 3 is 2.51 bits per heavy atom. The molecule has 0 aliphatic heterocycles. The second-order valence-corrected chi connectivity index (χ2v) is 12.3. The van der Waals surface area contributed by atoms with Gasteiger partial charge in [0.15, 0.2) is 0 Å². The molecule has 2 aromatic carbocycles. The van der Waals surface area contributed by atoms with Crippen LogP contribution in [-0.4, -0.2) is 40.1 Å². The van der Waals surface area contributed by atoms with Gasteiger partial charge in [0.05, 0.1) is 23.5 Å². The predicted molar refractivity (Wildman–Crippen MR) is 165 cm³/mol. The summed E-state index contributed by atoms with van der Waals surface area (Å²) in [5.74, 6) is -0.730. The molecule has 0 spiro atoms. The number of aromatic nitrogens is 2. The average Bonchev–Trinajstić information content (AvgIpc) is 3.51. The van der Waals surface area contributed by atoms with Crippen molar-refractivity contribution in [2.75, 3.05) is 6.54 Å². The van der Waals surface area contributed by atoms with Crippen molar-refractivity contribution in [1.82, 2.24) is 20.6 Å². The van der Waals surface area contributed by atoms with Crippen LogP contribution in [0.15, 0.2) is 54.7 Å². The highest BCUT2D eigenvalue weighted by atomic mass is 19.1. The smallest absolute Gasteiger partial charge is 0.407 e. The van der Waals surface area contributed by atoms with Crippen LogP contribution in [-0.2, 0) is 25.7 Å². The number of aromatic amines is 1. The summed E-state index contributed by atoms with van der Waals surface area (Å²) in [6.07, 6.45) is 4.24. The molecule has 1 atom stereocenters. The third-order valence-corrected chi connectivity index (χ3v) is 7.67. The maximum atomic E-state index is 14.2. The van der Waals surface area contributed by atoms with Crippen molar-refractivity contribution in [1.29, 1.82) is 5.26 Å². The van der Waals surface area contributed by atoms with Crippen molar-refractivity contribution in [2.45, 2.75) is 77.5 Å². The number of H-pyrrole nitrogens is 1. The number of nitriles is 1. The first-order valence-electron chi connectivity index (χ1n) is 15.2. The van der Waals surface area contributed by atoms with Gasteiger partial charge in [-0.15, -0.1) is 0 Å². The zero-order chi connectivity index (χ0) is 32.4. The average molecular weight is 618 g/mol. The molecule has 1 aliphatic carbocycles. The molecule has 0 bridgehead atoms. The number of halogens is 1. The number of hydrogen-bond donors (Lipinski definition) is 3. The number of carbonyl (C=O) groups excluding carboxylic acids is 3. The van der Waals surface area contributed by atoms with Crippen molar-refractivity contribution in [3.8, 4) is 17.3 Å². The normalized spacial score (nSPS) is 17.0. The Kier molecular flexibility index (Phi) is 11.3. The fourth-order valence-electron chi connectivity index (χ4n) is 5.29. The van der Waals surface area contributed by atoms with E-state index in [2.05, 4.69) is 20.6 Å². The van der Waals surface area contributed by atoms with E-state index in [0.29, 0.717) is 36.5 Å². The number of hydrogen-bond acceptors (Lipinski definition) is 7. The molecule has 1 aliphatic rings. The van der Waals surface area contributed by atoms with Crippen LogP contribution < -0.4 is 10.6 Å². The first-order chi connectivity index (χ1) is 21.5. The Labute approximate surface area is 262 Å². The largest absolute Gasteiger partial charge is 0.460 e. The maximum Gasteiger partial charge on any atom is 0.407 e. The van der Waals surface area contributed by atoms with Gasteiger partial charge in [-0.2, -0.15) is 5.26 Å². The number of benzene rings is 2. The summed E-state index contributed by atoms with van der Waals surface area (Å²) in [5, 5.41) is 14.9. The van der Waals surface area contributed by atoms with E-state index in [1.807, 2.05) is 30.3 Å². The third-order valence-electron chi connectivity index (χ3n) is 7.67. The fourth-order valence-corrected chi connectivity index (χ4v) is 5.29. The summed E-state index contributed by atoms with van der Waals surface area (Å²) in [6.45, 7) is 6.05. The lowest BCUT2D eigenvalue weighted by atomic mass is 9.81. The van der Waals surface area contributed by atoms with Gasteiger partial charge < -0.3 is 25.1 Å². The summed E-state index contributed by atoms with van der Waals surface area (Å²) in [6, 6.07) is 14.9. The van der Waals surface area contributed by atoms with Crippen molar-refractivity contribution in [3.63, 3.8) is 0 Å². The molecule has 1 heterocycles. The SMILES string of the molecule is CC(C)(C)OC(=O)CC[C@H](NC(=O)[C@H]1CC[C@H](CNC(=O)OCc2ccccc2)CC1)c1ncc(-c2ccc(C#N)c(F)c2)[nH]1. The lowest BCUT2D eigenvalue weighted by Gasteiger charge is -2.29. The molecule has 3 aromatic rings. The molecule has 2 amide bonds. The summed E-state index contributed by atoms with van der Waals surface area (Å²) >= 11 is 0. The highest BCUT2D eigenvalue weighted by Crippen LogP contribution is 2.30. The van der Waals surface area contributed by atoms with Crippen LogP contribution in [0.3, 0.4) is 0 Å². The number of alkyl carbamates (subject to hydrolysis) is 1. The molecule has 4 rings (SSSR count). The highest BCUT2D eigenvalue weighted by Gasteiger charge is 2.30. The molecule has 45 heavy (non-hydrogen) atoms. The standard InChI is InChI=1S/C34H40FN5O5/c1-34(2,3)45-30(41)16-15-28(31-37-20-29(39-31)25-13-14-26(18-36)27(35)17-25)40-32(42)24-11-9-22(10-12-24)19-38-33(43)44-21-23-7-5-4-6-8-23/h4-8,13-14,17,20,22,24,28H,9-12,15-16,19,21H2,1-3H3,(H,37,39)(H,38,43)(H,40,42)/t22-,24-,28-/m0/s1. The minimum Gasteiger partial charge on any atom is -0.460 e. The maximum absolute atomic E-state index is 14.2. The van der Waals surface area contributed by atoms with E-state index < -0.39 is 29.5 Å². The van der Waals surface area contributed by atoms with Gasteiger partial charge in [0.2, 0.25) is 5.91 Å². The number of nitrogens with zero attached hydrogens (tertiary/aromatic N) is 2. The van der Waals surface area contributed by atoms with Crippen LogP contribution in [0.1, 0.15) is 82.3 Å². The Morgan fingerprint density at radius 1 is 1.11 bits per heavy atom. The van der Waals surface area contributed by atoms with Crippen LogP contribution in [0.5, 0.6) is 0 Å². The summed E-state index contributed by atoms with van der Waals surface area (Å²) < 4.78 is 25.0. The molecule has 0 saturated heterocycles. The van der Waals surface area contributed by atoms with Crippen molar-refractivity contribution >= 4 is 18.0 Å². The van der Waals surface area contributed by atoms with Crippen molar-refractivity contribution in [2.24, 2.45) is 11.8 Å². The van der Waals surface area contributed by atoms with Gasteiger partial charge in [-0.1, -0.05) is 36.4 Å². The van der Waals surface area contributed by atoms with Gasteiger partial charge >= 0.3 is 12.1 Å². The van der Waals surface area contributed by atoms with Gasteiger partial charge in [0, 0.05) is 24.4 Å². The molecular weight excluding hydrogens is 577 g/mol. The van der Waals surface area contributed by atoms with Crippen LogP contribution in [0.25, 0.3) is 11.3 Å². The molecule has 1 saturated carbocycles. The number of ether oxygens (including phenoxy) is 2. The third kappa shape index (κ3) is 10.2. The number of rotatable bonds is 11. The molecule has 238 valence electrons. The minimum atomic E-state index is -0.643. The van der Waals surface area contributed by atoms with Gasteiger partial charge in [-0.05, 0) is 76.5 Å². The van der Waals surface area contributed by atoms with Crippen LogP contribution >= 0.6 is 0 Å². The Bertz CT molecular complexity index is 1500. The van der Waals surface area contributed by atoms with Gasteiger partial charge in [0.25, 0.3) is 0 Å². The minimum absolute atomic E-state index is 0.0581. The van der Waals surface area contributed by atoms with E-state index in [1.165, 1.54) is 18.3 Å². The number of carbonyl (C=O) groups is 3. The summed E-state index contributed by atoms with van der Waals surface area (Å²) in [5.41, 5.74) is 1.23. The van der Waals surface area contributed by atoms with E-state index in [4.69, 9.17) is 14.7 Å². The monoisotopic (exact) mass is 617 g/mol. The zero-order valence-corrected chi connectivity index (χ0v) is 25.9. The molecule has 3 N–H and O–H groups in total.